The van der Waals surface area contributed by atoms with Gasteiger partial charge in [0, 0.05) is 23.8 Å². The summed E-state index contributed by atoms with van der Waals surface area (Å²) in [5.74, 6) is 0.897. The molecule has 0 spiro atoms. The standard InChI is InChI=1S/C17H25N5S2.HI/c1-11-15(23-12(2)20-11)9-19-17(18-3)22(4)10-16-21-13-7-5-6-8-14(13)24-16;/h5-10H2,1-4H3,(H,18,19);1H. The van der Waals surface area contributed by atoms with E-state index in [2.05, 4.69) is 34.2 Å². The van der Waals surface area contributed by atoms with Gasteiger partial charge in [-0.3, -0.25) is 4.99 Å². The molecule has 0 bridgehead atoms. The molecule has 0 saturated carbocycles. The first-order chi connectivity index (χ1) is 11.6. The van der Waals surface area contributed by atoms with Gasteiger partial charge < -0.3 is 10.2 Å². The van der Waals surface area contributed by atoms with Crippen molar-refractivity contribution in [2.75, 3.05) is 14.1 Å². The second-order valence-corrected chi connectivity index (χ2v) is 8.64. The molecule has 0 saturated heterocycles. The van der Waals surface area contributed by atoms with E-state index in [9.17, 15) is 0 Å². The highest BCUT2D eigenvalue weighted by Crippen LogP contribution is 2.27. The Bertz CT molecular complexity index is 714. The van der Waals surface area contributed by atoms with Gasteiger partial charge in [0.25, 0.3) is 0 Å². The van der Waals surface area contributed by atoms with Gasteiger partial charge in [-0.05, 0) is 39.5 Å². The number of aromatic nitrogens is 2. The molecule has 2 aromatic rings. The van der Waals surface area contributed by atoms with Crippen LogP contribution in [0.2, 0.25) is 0 Å². The van der Waals surface area contributed by atoms with Crippen molar-refractivity contribution in [3.05, 3.63) is 31.2 Å². The largest absolute Gasteiger partial charge is 0.351 e. The van der Waals surface area contributed by atoms with Crippen LogP contribution in [0.1, 0.15) is 44.0 Å². The Balaban J connectivity index is 0.00000225. The predicted octanol–water partition coefficient (Wildman–Crippen LogP) is 3.92. The van der Waals surface area contributed by atoms with Crippen LogP contribution in [0.4, 0.5) is 0 Å². The SMILES string of the molecule is CN=C(NCc1sc(C)nc1C)N(C)Cc1nc2c(s1)CCCC2.I. The number of halogens is 1. The molecule has 1 aliphatic carbocycles. The number of nitrogens with zero attached hydrogens (tertiary/aromatic N) is 4. The summed E-state index contributed by atoms with van der Waals surface area (Å²) in [6.45, 7) is 5.68. The van der Waals surface area contributed by atoms with Crippen molar-refractivity contribution in [3.63, 3.8) is 0 Å². The molecule has 138 valence electrons. The molecule has 2 heterocycles. The van der Waals surface area contributed by atoms with E-state index in [1.54, 1.807) is 11.3 Å². The molecule has 0 fully saturated rings. The zero-order valence-corrected chi connectivity index (χ0v) is 19.2. The third kappa shape index (κ3) is 5.13. The molecule has 0 aromatic carbocycles. The second kappa shape index (κ2) is 9.27. The molecule has 2 aromatic heterocycles. The fourth-order valence-corrected chi connectivity index (χ4v) is 5.12. The number of nitrogens with one attached hydrogen (secondary N) is 1. The van der Waals surface area contributed by atoms with E-state index in [0.29, 0.717) is 0 Å². The average Bonchev–Trinajstić information content (AvgIpc) is 3.09. The van der Waals surface area contributed by atoms with Gasteiger partial charge in [-0.1, -0.05) is 0 Å². The average molecular weight is 491 g/mol. The van der Waals surface area contributed by atoms with E-state index in [4.69, 9.17) is 4.98 Å². The van der Waals surface area contributed by atoms with E-state index in [1.807, 2.05) is 25.3 Å². The first kappa shape index (κ1) is 20.6. The highest BCUT2D eigenvalue weighted by atomic mass is 127. The Morgan fingerprint density at radius 2 is 1.96 bits per heavy atom. The Labute approximate surface area is 175 Å². The van der Waals surface area contributed by atoms with Crippen LogP contribution >= 0.6 is 46.7 Å². The zero-order chi connectivity index (χ0) is 17.1. The number of aryl methyl sites for hydroxylation is 4. The number of thiazole rings is 2. The van der Waals surface area contributed by atoms with Gasteiger partial charge >= 0.3 is 0 Å². The smallest absolute Gasteiger partial charge is 0.194 e. The highest BCUT2D eigenvalue weighted by molar-refractivity contribution is 14.0. The predicted molar refractivity (Wildman–Crippen MR) is 117 cm³/mol. The fraction of sp³-hybridized carbons (Fsp3) is 0.588. The second-order valence-electron chi connectivity index (χ2n) is 6.18. The van der Waals surface area contributed by atoms with E-state index in [-0.39, 0.29) is 24.0 Å². The van der Waals surface area contributed by atoms with Crippen LogP contribution in [0, 0.1) is 13.8 Å². The van der Waals surface area contributed by atoms with Crippen LogP contribution in [0.15, 0.2) is 4.99 Å². The van der Waals surface area contributed by atoms with Crippen molar-refractivity contribution in [2.24, 2.45) is 4.99 Å². The van der Waals surface area contributed by atoms with Gasteiger partial charge in [-0.2, -0.15) is 0 Å². The number of aliphatic imine (C=N–C) groups is 1. The molecular formula is C17H26IN5S2. The number of hydrogen-bond donors (Lipinski definition) is 1. The summed E-state index contributed by atoms with van der Waals surface area (Å²) in [4.78, 5) is 18.6. The molecule has 5 nitrogen and oxygen atoms in total. The molecule has 25 heavy (non-hydrogen) atoms. The van der Waals surface area contributed by atoms with Gasteiger partial charge in [-0.15, -0.1) is 46.7 Å². The number of hydrogen-bond acceptors (Lipinski definition) is 5. The van der Waals surface area contributed by atoms with Gasteiger partial charge in [0.05, 0.1) is 29.5 Å². The third-order valence-corrected chi connectivity index (χ3v) is 6.46. The molecule has 8 heteroatoms. The van der Waals surface area contributed by atoms with Crippen molar-refractivity contribution in [3.8, 4) is 0 Å². The van der Waals surface area contributed by atoms with Gasteiger partial charge in [-0.25, -0.2) is 9.97 Å². The van der Waals surface area contributed by atoms with Crippen LogP contribution in [-0.2, 0) is 25.9 Å². The monoisotopic (exact) mass is 491 g/mol. The minimum Gasteiger partial charge on any atom is -0.351 e. The minimum atomic E-state index is 0. The van der Waals surface area contributed by atoms with E-state index in [1.165, 1.54) is 39.7 Å². The molecule has 0 amide bonds. The molecule has 0 radical (unpaired) electrons. The normalized spacial score (nSPS) is 14.0. The summed E-state index contributed by atoms with van der Waals surface area (Å²) in [6.07, 6.45) is 4.93. The maximum Gasteiger partial charge on any atom is 0.194 e. The van der Waals surface area contributed by atoms with Gasteiger partial charge in [0.2, 0.25) is 0 Å². The molecule has 3 rings (SSSR count). The van der Waals surface area contributed by atoms with Crippen molar-refractivity contribution >= 4 is 52.6 Å². The topological polar surface area (TPSA) is 53.4 Å². The quantitative estimate of drug-likeness (QED) is 0.400. The van der Waals surface area contributed by atoms with E-state index >= 15 is 0 Å². The lowest BCUT2D eigenvalue weighted by Gasteiger charge is -2.20. The Kier molecular flexibility index (Phi) is 7.63. The van der Waals surface area contributed by atoms with Crippen LogP contribution in [0.3, 0.4) is 0 Å². The Morgan fingerprint density at radius 1 is 1.20 bits per heavy atom. The highest BCUT2D eigenvalue weighted by Gasteiger charge is 2.17. The maximum absolute atomic E-state index is 4.83. The Hall–Kier alpha value is -0.740. The van der Waals surface area contributed by atoms with Gasteiger partial charge in [0.15, 0.2) is 5.96 Å². The van der Waals surface area contributed by atoms with E-state index in [0.717, 1.165) is 36.2 Å². The summed E-state index contributed by atoms with van der Waals surface area (Å²) in [6, 6.07) is 0. The lowest BCUT2D eigenvalue weighted by molar-refractivity contribution is 0.474. The lowest BCUT2D eigenvalue weighted by atomic mass is 10.0. The third-order valence-electron chi connectivity index (χ3n) is 4.24. The van der Waals surface area contributed by atoms with Gasteiger partial charge in [0.1, 0.15) is 5.01 Å². The van der Waals surface area contributed by atoms with Crippen molar-refractivity contribution < 1.29 is 0 Å². The summed E-state index contributed by atoms with van der Waals surface area (Å²) in [5.41, 5.74) is 2.43. The zero-order valence-electron chi connectivity index (χ0n) is 15.3. The number of guanidine groups is 1. The van der Waals surface area contributed by atoms with Crippen molar-refractivity contribution in [2.45, 2.75) is 52.6 Å². The fourth-order valence-electron chi connectivity index (χ4n) is 3.03. The molecule has 0 aliphatic heterocycles. The van der Waals surface area contributed by atoms with Crippen LogP contribution in [0.5, 0.6) is 0 Å². The molecule has 1 N–H and O–H groups in total. The first-order valence-electron chi connectivity index (χ1n) is 8.39. The van der Waals surface area contributed by atoms with Crippen LogP contribution in [-0.4, -0.2) is 34.9 Å². The Morgan fingerprint density at radius 3 is 2.60 bits per heavy atom. The lowest BCUT2D eigenvalue weighted by Crippen LogP contribution is -2.38. The summed E-state index contributed by atoms with van der Waals surface area (Å²) in [5, 5.41) is 5.75. The number of fused-ring (bicyclic) bond motifs is 1. The van der Waals surface area contributed by atoms with Crippen molar-refractivity contribution in [1.82, 2.24) is 20.2 Å². The first-order valence-corrected chi connectivity index (χ1v) is 10.0. The van der Waals surface area contributed by atoms with Crippen LogP contribution < -0.4 is 5.32 Å². The summed E-state index contributed by atoms with van der Waals surface area (Å²) in [7, 11) is 3.90. The number of rotatable bonds is 4. The molecule has 0 unspecified atom stereocenters. The molecule has 0 atom stereocenters. The summed E-state index contributed by atoms with van der Waals surface area (Å²) < 4.78 is 0. The minimum absolute atomic E-state index is 0. The molecule has 1 aliphatic rings. The summed E-state index contributed by atoms with van der Waals surface area (Å²) >= 11 is 3.61. The van der Waals surface area contributed by atoms with E-state index < -0.39 is 0 Å². The van der Waals surface area contributed by atoms with Crippen molar-refractivity contribution in [1.29, 1.82) is 0 Å². The maximum atomic E-state index is 4.83. The van der Waals surface area contributed by atoms with Crippen LogP contribution in [0.25, 0.3) is 0 Å². The molecular weight excluding hydrogens is 465 g/mol.